The summed E-state index contributed by atoms with van der Waals surface area (Å²) in [5, 5.41) is 7.17. The first kappa shape index (κ1) is 19.6. The van der Waals surface area contributed by atoms with Crippen molar-refractivity contribution in [2.75, 3.05) is 11.9 Å². The molecule has 2 aromatic carbocycles. The summed E-state index contributed by atoms with van der Waals surface area (Å²) in [6.07, 6.45) is 0. The first-order valence-electron chi connectivity index (χ1n) is 8.74. The molecule has 6 nitrogen and oxygen atoms in total. The van der Waals surface area contributed by atoms with Gasteiger partial charge in [0.05, 0.1) is 12.2 Å². The Morgan fingerprint density at radius 1 is 1.07 bits per heavy atom. The van der Waals surface area contributed by atoms with Gasteiger partial charge in [-0.25, -0.2) is 9.48 Å². The molecule has 0 radical (unpaired) electrons. The number of anilines is 1. The molecule has 0 saturated heterocycles. The number of rotatable bonds is 6. The maximum atomic E-state index is 12.4. The van der Waals surface area contributed by atoms with Gasteiger partial charge in [-0.05, 0) is 31.5 Å². The van der Waals surface area contributed by atoms with Crippen LogP contribution in [0.1, 0.15) is 27.2 Å². The lowest BCUT2D eigenvalue weighted by atomic mass is 10.2. The number of carbonyl (C=O) groups is 2. The second kappa shape index (κ2) is 8.71. The van der Waals surface area contributed by atoms with Crippen LogP contribution >= 0.6 is 11.6 Å². The van der Waals surface area contributed by atoms with Gasteiger partial charge in [-0.1, -0.05) is 59.6 Å². The van der Waals surface area contributed by atoms with Crippen LogP contribution in [0.15, 0.2) is 54.6 Å². The van der Waals surface area contributed by atoms with Crippen molar-refractivity contribution in [3.8, 4) is 0 Å². The minimum Gasteiger partial charge on any atom is -0.452 e. The number of amides is 1. The number of esters is 1. The van der Waals surface area contributed by atoms with Gasteiger partial charge in [0.1, 0.15) is 10.7 Å². The van der Waals surface area contributed by atoms with Gasteiger partial charge in [0, 0.05) is 5.69 Å². The van der Waals surface area contributed by atoms with Gasteiger partial charge in [-0.3, -0.25) is 4.79 Å². The maximum Gasteiger partial charge on any atom is 0.343 e. The Labute approximate surface area is 168 Å². The van der Waals surface area contributed by atoms with Crippen LogP contribution in [-0.4, -0.2) is 28.3 Å². The van der Waals surface area contributed by atoms with E-state index in [-0.39, 0.29) is 10.7 Å². The van der Waals surface area contributed by atoms with E-state index in [4.69, 9.17) is 16.3 Å². The molecule has 1 amide bonds. The van der Waals surface area contributed by atoms with E-state index in [0.29, 0.717) is 17.9 Å². The van der Waals surface area contributed by atoms with Crippen molar-refractivity contribution in [2.45, 2.75) is 20.4 Å². The van der Waals surface area contributed by atoms with Crippen molar-refractivity contribution >= 4 is 29.2 Å². The van der Waals surface area contributed by atoms with E-state index in [1.807, 2.05) is 49.4 Å². The standard InChI is InChI=1S/C21H20ClN3O3/c1-14-8-10-17(11-9-14)23-18(26)13-28-21(27)19-15(2)24-25(20(19)22)12-16-6-4-3-5-7-16/h3-11H,12-13H2,1-2H3,(H,23,26). The first-order valence-corrected chi connectivity index (χ1v) is 9.12. The fourth-order valence-electron chi connectivity index (χ4n) is 2.68. The average Bonchev–Trinajstić information content (AvgIpc) is 2.96. The molecule has 7 heteroatoms. The molecule has 0 unspecified atom stereocenters. The number of carbonyl (C=O) groups excluding carboxylic acids is 2. The van der Waals surface area contributed by atoms with Crippen LogP contribution in [0.3, 0.4) is 0 Å². The number of hydrogen-bond donors (Lipinski definition) is 1. The Hall–Kier alpha value is -3.12. The lowest BCUT2D eigenvalue weighted by molar-refractivity contribution is -0.119. The number of halogens is 1. The molecule has 3 aromatic rings. The second-order valence-electron chi connectivity index (χ2n) is 6.38. The summed E-state index contributed by atoms with van der Waals surface area (Å²) in [6, 6.07) is 17.0. The van der Waals surface area contributed by atoms with E-state index >= 15 is 0 Å². The smallest absolute Gasteiger partial charge is 0.343 e. The third kappa shape index (κ3) is 4.78. The summed E-state index contributed by atoms with van der Waals surface area (Å²) >= 11 is 6.33. The highest BCUT2D eigenvalue weighted by Gasteiger charge is 2.22. The molecule has 28 heavy (non-hydrogen) atoms. The summed E-state index contributed by atoms with van der Waals surface area (Å²) in [4.78, 5) is 24.4. The molecule has 0 aliphatic carbocycles. The summed E-state index contributed by atoms with van der Waals surface area (Å²) in [5.74, 6) is -1.11. The lowest BCUT2D eigenvalue weighted by Crippen LogP contribution is -2.21. The zero-order valence-corrected chi connectivity index (χ0v) is 16.4. The minimum absolute atomic E-state index is 0.167. The predicted molar refractivity (Wildman–Crippen MR) is 108 cm³/mol. The van der Waals surface area contributed by atoms with Crippen molar-refractivity contribution in [1.29, 1.82) is 0 Å². The number of nitrogens with one attached hydrogen (secondary N) is 1. The van der Waals surface area contributed by atoms with Gasteiger partial charge < -0.3 is 10.1 Å². The molecule has 144 valence electrons. The van der Waals surface area contributed by atoms with Crippen LogP contribution in [0, 0.1) is 13.8 Å². The van der Waals surface area contributed by atoms with Gasteiger partial charge in [0.2, 0.25) is 0 Å². The van der Waals surface area contributed by atoms with Crippen molar-refractivity contribution in [3.63, 3.8) is 0 Å². The van der Waals surface area contributed by atoms with Gasteiger partial charge in [-0.15, -0.1) is 0 Å². The molecule has 1 heterocycles. The first-order chi connectivity index (χ1) is 13.4. The maximum absolute atomic E-state index is 12.4. The van der Waals surface area contributed by atoms with E-state index < -0.39 is 18.5 Å². The lowest BCUT2D eigenvalue weighted by Gasteiger charge is -2.07. The van der Waals surface area contributed by atoms with E-state index in [2.05, 4.69) is 10.4 Å². The van der Waals surface area contributed by atoms with Crippen LogP contribution in [-0.2, 0) is 16.1 Å². The highest BCUT2D eigenvalue weighted by Crippen LogP contribution is 2.22. The largest absolute Gasteiger partial charge is 0.452 e. The molecule has 0 saturated carbocycles. The van der Waals surface area contributed by atoms with Crippen LogP contribution in [0.2, 0.25) is 5.15 Å². The monoisotopic (exact) mass is 397 g/mol. The molecular weight excluding hydrogens is 378 g/mol. The highest BCUT2D eigenvalue weighted by atomic mass is 35.5. The SMILES string of the molecule is Cc1ccc(NC(=O)COC(=O)c2c(C)nn(Cc3ccccc3)c2Cl)cc1. The second-order valence-corrected chi connectivity index (χ2v) is 6.74. The summed E-state index contributed by atoms with van der Waals surface area (Å²) in [5.41, 5.74) is 3.34. The Bertz CT molecular complexity index is 982. The molecule has 3 rings (SSSR count). The van der Waals surface area contributed by atoms with Crippen LogP contribution in [0.5, 0.6) is 0 Å². The molecule has 1 N–H and O–H groups in total. The number of aryl methyl sites for hydroxylation is 2. The van der Waals surface area contributed by atoms with Crippen molar-refractivity contribution < 1.29 is 14.3 Å². The third-order valence-electron chi connectivity index (χ3n) is 4.11. The Kier molecular flexibility index (Phi) is 6.11. The van der Waals surface area contributed by atoms with E-state index in [9.17, 15) is 9.59 Å². The van der Waals surface area contributed by atoms with Crippen LogP contribution in [0.4, 0.5) is 5.69 Å². The molecular formula is C21H20ClN3O3. The fraction of sp³-hybridized carbons (Fsp3) is 0.190. The number of aromatic nitrogens is 2. The predicted octanol–water partition coefficient (Wildman–Crippen LogP) is 4.00. The summed E-state index contributed by atoms with van der Waals surface area (Å²) < 4.78 is 6.66. The zero-order valence-electron chi connectivity index (χ0n) is 15.6. The van der Waals surface area contributed by atoms with Crippen LogP contribution in [0.25, 0.3) is 0 Å². The van der Waals surface area contributed by atoms with Crippen molar-refractivity contribution in [3.05, 3.63) is 82.1 Å². The topological polar surface area (TPSA) is 73.2 Å². The third-order valence-corrected chi connectivity index (χ3v) is 4.50. The van der Waals surface area contributed by atoms with Gasteiger partial charge in [0.15, 0.2) is 6.61 Å². The van der Waals surface area contributed by atoms with Crippen LogP contribution < -0.4 is 5.32 Å². The Balaban J connectivity index is 1.62. The molecule has 0 aliphatic rings. The van der Waals surface area contributed by atoms with Gasteiger partial charge in [-0.2, -0.15) is 5.10 Å². The minimum atomic E-state index is -0.680. The molecule has 0 atom stereocenters. The number of benzene rings is 2. The molecule has 1 aromatic heterocycles. The normalized spacial score (nSPS) is 10.5. The summed E-state index contributed by atoms with van der Waals surface area (Å²) in [7, 11) is 0. The molecule has 0 fully saturated rings. The molecule has 0 aliphatic heterocycles. The molecule has 0 bridgehead atoms. The number of hydrogen-bond acceptors (Lipinski definition) is 4. The Morgan fingerprint density at radius 3 is 2.43 bits per heavy atom. The van der Waals surface area contributed by atoms with E-state index in [0.717, 1.165) is 11.1 Å². The number of nitrogens with zero attached hydrogens (tertiary/aromatic N) is 2. The zero-order chi connectivity index (χ0) is 20.1. The van der Waals surface area contributed by atoms with Gasteiger partial charge in [0.25, 0.3) is 5.91 Å². The average molecular weight is 398 g/mol. The molecule has 0 spiro atoms. The Morgan fingerprint density at radius 2 is 1.75 bits per heavy atom. The quantitative estimate of drug-likeness (QED) is 0.638. The summed E-state index contributed by atoms with van der Waals surface area (Å²) in [6.45, 7) is 3.65. The highest BCUT2D eigenvalue weighted by molar-refractivity contribution is 6.32. The van der Waals surface area contributed by atoms with E-state index in [1.54, 1.807) is 19.1 Å². The fourth-order valence-corrected chi connectivity index (χ4v) is 3.00. The van der Waals surface area contributed by atoms with Crippen molar-refractivity contribution in [1.82, 2.24) is 9.78 Å². The van der Waals surface area contributed by atoms with Gasteiger partial charge >= 0.3 is 5.97 Å². The number of ether oxygens (including phenoxy) is 1. The van der Waals surface area contributed by atoms with E-state index in [1.165, 1.54) is 4.68 Å². The van der Waals surface area contributed by atoms with Crippen molar-refractivity contribution in [2.24, 2.45) is 0 Å².